The van der Waals surface area contributed by atoms with Gasteiger partial charge in [-0.2, -0.15) is 0 Å². The van der Waals surface area contributed by atoms with Gasteiger partial charge in [-0.15, -0.1) is 0 Å². The summed E-state index contributed by atoms with van der Waals surface area (Å²) in [5.41, 5.74) is 4.49. The first-order chi connectivity index (χ1) is 15.0. The molecule has 0 aliphatic carbocycles. The number of amides is 2. The number of nitrogens with one attached hydrogen (secondary N) is 1. The van der Waals surface area contributed by atoms with Gasteiger partial charge in [-0.25, -0.2) is 0 Å². The minimum absolute atomic E-state index is 0.0957. The summed E-state index contributed by atoms with van der Waals surface area (Å²) < 4.78 is 0. The number of hydrogen-bond donors (Lipinski definition) is 1. The van der Waals surface area contributed by atoms with Crippen LogP contribution in [0.1, 0.15) is 23.7 Å². The molecule has 1 atom stereocenters. The molecule has 4 rings (SSSR count). The average molecular weight is 415 g/mol. The lowest BCUT2D eigenvalue weighted by atomic mass is 10.1. The van der Waals surface area contributed by atoms with Crippen LogP contribution in [0.5, 0.6) is 0 Å². The third-order valence-corrected chi connectivity index (χ3v) is 5.84. The summed E-state index contributed by atoms with van der Waals surface area (Å²) in [6, 6.07) is 19.5. The van der Waals surface area contributed by atoms with Gasteiger partial charge in [0.15, 0.2) is 0 Å². The Kier molecular flexibility index (Phi) is 5.98. The summed E-state index contributed by atoms with van der Waals surface area (Å²) >= 11 is 0. The van der Waals surface area contributed by atoms with Crippen LogP contribution in [0.4, 0.5) is 11.4 Å². The van der Waals surface area contributed by atoms with Crippen LogP contribution in [-0.2, 0) is 4.79 Å². The number of carbonyl (C=O) groups excluding carboxylic acids is 2. The van der Waals surface area contributed by atoms with E-state index in [0.717, 1.165) is 42.0 Å². The molecule has 1 N–H and O–H groups in total. The quantitative estimate of drug-likeness (QED) is 0.684. The van der Waals surface area contributed by atoms with Gasteiger partial charge < -0.3 is 15.1 Å². The lowest BCUT2D eigenvalue weighted by Gasteiger charge is -2.24. The number of benzene rings is 2. The Labute approximate surface area is 182 Å². The molecule has 1 aliphatic heterocycles. The molecule has 0 radical (unpaired) electrons. The second-order valence-corrected chi connectivity index (χ2v) is 7.84. The highest BCUT2D eigenvalue weighted by Crippen LogP contribution is 2.25. The summed E-state index contributed by atoms with van der Waals surface area (Å²) in [7, 11) is 1.86. The molecule has 31 heavy (non-hydrogen) atoms. The second kappa shape index (κ2) is 9.00. The number of nitrogens with zero attached hydrogens (tertiary/aromatic N) is 3. The Morgan fingerprint density at radius 2 is 1.77 bits per heavy atom. The van der Waals surface area contributed by atoms with E-state index in [1.54, 1.807) is 19.3 Å². The largest absolute Gasteiger partial charge is 0.369 e. The zero-order chi connectivity index (χ0) is 21.8. The molecular formula is C25H26N4O2. The molecule has 158 valence electrons. The predicted octanol–water partition coefficient (Wildman–Crippen LogP) is 4.06. The third kappa shape index (κ3) is 4.74. The fourth-order valence-corrected chi connectivity index (χ4v) is 3.86. The van der Waals surface area contributed by atoms with Crippen molar-refractivity contribution in [2.45, 2.75) is 19.4 Å². The maximum atomic E-state index is 12.6. The second-order valence-electron chi connectivity index (χ2n) is 7.84. The van der Waals surface area contributed by atoms with Crippen molar-refractivity contribution >= 4 is 23.2 Å². The van der Waals surface area contributed by atoms with Crippen molar-refractivity contribution in [2.24, 2.45) is 0 Å². The first-order valence-corrected chi connectivity index (χ1v) is 10.4. The highest BCUT2D eigenvalue weighted by Gasteiger charge is 2.27. The van der Waals surface area contributed by atoms with Gasteiger partial charge >= 0.3 is 0 Å². The van der Waals surface area contributed by atoms with Crippen LogP contribution in [0.25, 0.3) is 11.1 Å². The molecular weight excluding hydrogens is 388 g/mol. The number of pyridine rings is 1. The van der Waals surface area contributed by atoms with Crippen molar-refractivity contribution in [3.05, 3.63) is 78.6 Å². The van der Waals surface area contributed by atoms with Crippen molar-refractivity contribution < 1.29 is 9.59 Å². The maximum absolute atomic E-state index is 12.6. The minimum atomic E-state index is -0.144. The van der Waals surface area contributed by atoms with Gasteiger partial charge in [-0.05, 0) is 60.0 Å². The topological polar surface area (TPSA) is 65.5 Å². The van der Waals surface area contributed by atoms with Crippen molar-refractivity contribution in [3.63, 3.8) is 0 Å². The molecule has 1 saturated heterocycles. The van der Waals surface area contributed by atoms with Crippen LogP contribution in [0.3, 0.4) is 0 Å². The third-order valence-electron chi connectivity index (χ3n) is 5.84. The monoisotopic (exact) mass is 414 g/mol. The van der Waals surface area contributed by atoms with Gasteiger partial charge in [0.1, 0.15) is 0 Å². The normalized spacial score (nSPS) is 15.5. The van der Waals surface area contributed by atoms with Gasteiger partial charge in [-0.1, -0.05) is 18.2 Å². The Morgan fingerprint density at radius 3 is 2.42 bits per heavy atom. The van der Waals surface area contributed by atoms with Gasteiger partial charge in [0.05, 0.1) is 6.04 Å². The lowest BCUT2D eigenvalue weighted by Crippen LogP contribution is -2.37. The SMILES string of the molecule is CC(=O)N(C)C1CCN(c2ccc(NC(=O)c3ccc(-c4cccnc4)cc3)cc2)C1. The van der Waals surface area contributed by atoms with Crippen molar-refractivity contribution in [3.8, 4) is 11.1 Å². The van der Waals surface area contributed by atoms with E-state index >= 15 is 0 Å². The van der Waals surface area contributed by atoms with Gasteiger partial charge in [0, 0.05) is 56.4 Å². The number of anilines is 2. The molecule has 0 bridgehead atoms. The smallest absolute Gasteiger partial charge is 0.255 e. The van der Waals surface area contributed by atoms with Gasteiger partial charge in [-0.3, -0.25) is 14.6 Å². The van der Waals surface area contributed by atoms with E-state index in [1.165, 1.54) is 0 Å². The van der Waals surface area contributed by atoms with E-state index in [2.05, 4.69) is 15.2 Å². The fourth-order valence-electron chi connectivity index (χ4n) is 3.86. The van der Waals surface area contributed by atoms with E-state index in [4.69, 9.17) is 0 Å². The highest BCUT2D eigenvalue weighted by atomic mass is 16.2. The van der Waals surface area contributed by atoms with Crippen LogP contribution < -0.4 is 10.2 Å². The van der Waals surface area contributed by atoms with Gasteiger partial charge in [0.25, 0.3) is 5.91 Å². The molecule has 1 unspecified atom stereocenters. The Balaban J connectivity index is 1.37. The summed E-state index contributed by atoms with van der Waals surface area (Å²) in [6.45, 7) is 3.34. The summed E-state index contributed by atoms with van der Waals surface area (Å²) in [5.74, 6) is -0.0480. The zero-order valence-electron chi connectivity index (χ0n) is 17.8. The number of hydrogen-bond acceptors (Lipinski definition) is 4. The average Bonchev–Trinajstić information content (AvgIpc) is 3.30. The van der Waals surface area contributed by atoms with E-state index in [0.29, 0.717) is 5.56 Å². The number of carbonyl (C=O) groups is 2. The van der Waals surface area contributed by atoms with E-state index in [-0.39, 0.29) is 17.9 Å². The molecule has 1 aromatic heterocycles. The number of likely N-dealkylation sites (N-methyl/N-ethyl adjacent to an activating group) is 1. The van der Waals surface area contributed by atoms with Crippen molar-refractivity contribution in [1.82, 2.24) is 9.88 Å². The Hall–Kier alpha value is -3.67. The summed E-state index contributed by atoms with van der Waals surface area (Å²) in [6.07, 6.45) is 4.50. The first kappa shape index (κ1) is 20.6. The molecule has 6 heteroatoms. The van der Waals surface area contributed by atoms with E-state index in [9.17, 15) is 9.59 Å². The summed E-state index contributed by atoms with van der Waals surface area (Å²) in [5, 5.41) is 2.95. The van der Waals surface area contributed by atoms with Crippen LogP contribution in [0.15, 0.2) is 73.1 Å². The van der Waals surface area contributed by atoms with Crippen molar-refractivity contribution in [2.75, 3.05) is 30.4 Å². The summed E-state index contributed by atoms with van der Waals surface area (Å²) in [4.78, 5) is 32.4. The van der Waals surface area contributed by atoms with Crippen LogP contribution in [0.2, 0.25) is 0 Å². The number of rotatable bonds is 5. The molecule has 0 saturated carbocycles. The Morgan fingerprint density at radius 1 is 1.03 bits per heavy atom. The lowest BCUT2D eigenvalue weighted by molar-refractivity contribution is -0.129. The minimum Gasteiger partial charge on any atom is -0.369 e. The van der Waals surface area contributed by atoms with Crippen LogP contribution in [-0.4, -0.2) is 47.9 Å². The molecule has 1 aliphatic rings. The fraction of sp³-hybridized carbons (Fsp3) is 0.240. The van der Waals surface area contributed by atoms with Gasteiger partial charge in [0.2, 0.25) is 5.91 Å². The zero-order valence-corrected chi connectivity index (χ0v) is 17.8. The number of aromatic nitrogens is 1. The van der Waals surface area contributed by atoms with Crippen LogP contribution >= 0.6 is 0 Å². The van der Waals surface area contributed by atoms with E-state index in [1.807, 2.05) is 72.6 Å². The standard InChI is InChI=1S/C25H26N4O2/c1-18(30)28(2)24-13-15-29(17-24)23-11-9-22(10-12-23)27-25(31)20-7-5-19(6-8-20)21-4-3-14-26-16-21/h3-12,14,16,24H,13,15,17H2,1-2H3,(H,27,31). The highest BCUT2D eigenvalue weighted by molar-refractivity contribution is 6.04. The molecule has 6 nitrogen and oxygen atoms in total. The molecule has 3 aromatic rings. The molecule has 2 heterocycles. The first-order valence-electron chi connectivity index (χ1n) is 10.4. The molecule has 2 amide bonds. The van der Waals surface area contributed by atoms with Crippen molar-refractivity contribution in [1.29, 1.82) is 0 Å². The Bertz CT molecular complexity index is 1050. The molecule has 1 fully saturated rings. The van der Waals surface area contributed by atoms with E-state index < -0.39 is 0 Å². The maximum Gasteiger partial charge on any atom is 0.255 e. The molecule has 2 aromatic carbocycles. The van der Waals surface area contributed by atoms with Crippen LogP contribution in [0, 0.1) is 0 Å². The predicted molar refractivity (Wildman–Crippen MR) is 123 cm³/mol. The molecule has 0 spiro atoms.